The molecule has 0 aromatic heterocycles. The van der Waals surface area contributed by atoms with Crippen LogP contribution in [0.5, 0.6) is 0 Å². The van der Waals surface area contributed by atoms with Crippen molar-refractivity contribution in [1.82, 2.24) is 10.6 Å². The van der Waals surface area contributed by atoms with E-state index in [1.54, 1.807) is 0 Å². The smallest absolute Gasteiger partial charge is 0.326 e. The van der Waals surface area contributed by atoms with E-state index >= 15 is 0 Å². The van der Waals surface area contributed by atoms with Crippen LogP contribution in [0.2, 0.25) is 0 Å². The summed E-state index contributed by atoms with van der Waals surface area (Å²) in [6.45, 7) is 3.80. The molecule has 1 unspecified atom stereocenters. The van der Waals surface area contributed by atoms with Crippen molar-refractivity contribution in [2.75, 3.05) is 6.54 Å². The molecule has 0 spiro atoms. The number of halogens is 1. The lowest BCUT2D eigenvalue weighted by atomic mass is 10.0. The number of carboxylic acid groups (broad SMARTS) is 1. The number of nitrogens with one attached hydrogen (secondary N) is 2. The van der Waals surface area contributed by atoms with E-state index < -0.39 is 29.6 Å². The van der Waals surface area contributed by atoms with Gasteiger partial charge in [0.25, 0.3) is 5.91 Å². The Kier molecular flexibility index (Phi) is 7.18. The summed E-state index contributed by atoms with van der Waals surface area (Å²) in [5.41, 5.74) is 0.287. The minimum absolute atomic E-state index is 0.0329. The van der Waals surface area contributed by atoms with Crippen LogP contribution in [-0.2, 0) is 9.59 Å². The zero-order chi connectivity index (χ0) is 17.4. The van der Waals surface area contributed by atoms with E-state index in [0.717, 1.165) is 0 Å². The SMILES string of the molecule is CC(C)CC(NC(=O)CCNC(=O)c1ccc(F)cc1)C(=O)O. The van der Waals surface area contributed by atoms with Gasteiger partial charge < -0.3 is 15.7 Å². The summed E-state index contributed by atoms with van der Waals surface area (Å²) in [5.74, 6) is -2.25. The highest BCUT2D eigenvalue weighted by molar-refractivity contribution is 5.94. The maximum Gasteiger partial charge on any atom is 0.326 e. The fourth-order valence-electron chi connectivity index (χ4n) is 1.95. The van der Waals surface area contributed by atoms with Crippen molar-refractivity contribution in [3.05, 3.63) is 35.6 Å². The number of amides is 2. The van der Waals surface area contributed by atoms with Crippen LogP contribution in [0.4, 0.5) is 4.39 Å². The standard InChI is InChI=1S/C16H21FN2O4/c1-10(2)9-13(16(22)23)19-14(20)7-8-18-15(21)11-3-5-12(17)6-4-11/h3-6,10,13H,7-9H2,1-2H3,(H,18,21)(H,19,20)(H,22,23). The molecule has 0 saturated carbocycles. The van der Waals surface area contributed by atoms with Gasteiger partial charge >= 0.3 is 5.97 Å². The van der Waals surface area contributed by atoms with Gasteiger partial charge in [0.05, 0.1) is 0 Å². The molecule has 0 bridgehead atoms. The molecule has 3 N–H and O–H groups in total. The minimum atomic E-state index is -1.08. The van der Waals surface area contributed by atoms with Gasteiger partial charge in [0.15, 0.2) is 0 Å². The predicted molar refractivity (Wildman–Crippen MR) is 82.4 cm³/mol. The van der Waals surface area contributed by atoms with Gasteiger partial charge in [0.1, 0.15) is 11.9 Å². The van der Waals surface area contributed by atoms with Crippen LogP contribution >= 0.6 is 0 Å². The van der Waals surface area contributed by atoms with Gasteiger partial charge in [-0.3, -0.25) is 9.59 Å². The van der Waals surface area contributed by atoms with E-state index in [9.17, 15) is 18.8 Å². The molecule has 0 radical (unpaired) electrons. The molecular formula is C16H21FN2O4. The van der Waals surface area contributed by atoms with Crippen LogP contribution in [0, 0.1) is 11.7 Å². The number of hydrogen-bond donors (Lipinski definition) is 3. The third kappa shape index (κ3) is 6.90. The molecule has 2 amide bonds. The number of carbonyl (C=O) groups is 3. The number of hydrogen-bond acceptors (Lipinski definition) is 3. The van der Waals surface area contributed by atoms with E-state index in [1.165, 1.54) is 24.3 Å². The lowest BCUT2D eigenvalue weighted by Gasteiger charge is -2.16. The van der Waals surface area contributed by atoms with Gasteiger partial charge in [0.2, 0.25) is 5.91 Å². The highest BCUT2D eigenvalue weighted by Crippen LogP contribution is 2.05. The number of rotatable bonds is 8. The van der Waals surface area contributed by atoms with Gasteiger partial charge in [0, 0.05) is 18.5 Å². The average molecular weight is 324 g/mol. The van der Waals surface area contributed by atoms with E-state index in [4.69, 9.17) is 5.11 Å². The fourth-order valence-corrected chi connectivity index (χ4v) is 1.95. The van der Waals surface area contributed by atoms with E-state index in [1.807, 2.05) is 13.8 Å². The van der Waals surface area contributed by atoms with E-state index in [-0.39, 0.29) is 24.4 Å². The molecular weight excluding hydrogens is 303 g/mol. The summed E-state index contributed by atoms with van der Waals surface area (Å²) < 4.78 is 12.8. The maximum atomic E-state index is 12.8. The van der Waals surface area contributed by atoms with Crippen molar-refractivity contribution in [2.24, 2.45) is 5.92 Å². The Labute approximate surface area is 134 Å². The summed E-state index contributed by atoms with van der Waals surface area (Å²) >= 11 is 0. The van der Waals surface area contributed by atoms with Crippen LogP contribution in [0.3, 0.4) is 0 Å². The molecule has 1 atom stereocenters. The zero-order valence-corrected chi connectivity index (χ0v) is 13.1. The van der Waals surface area contributed by atoms with Crippen LogP contribution in [0.15, 0.2) is 24.3 Å². The third-order valence-corrected chi connectivity index (χ3v) is 3.08. The molecule has 7 heteroatoms. The zero-order valence-electron chi connectivity index (χ0n) is 13.1. The Hall–Kier alpha value is -2.44. The summed E-state index contributed by atoms with van der Waals surface area (Å²) in [7, 11) is 0. The molecule has 126 valence electrons. The van der Waals surface area contributed by atoms with Gasteiger partial charge in [-0.05, 0) is 36.6 Å². The minimum Gasteiger partial charge on any atom is -0.480 e. The summed E-state index contributed by atoms with van der Waals surface area (Å²) in [6.07, 6.45) is 0.303. The Morgan fingerprint density at radius 3 is 2.30 bits per heavy atom. The molecule has 0 fully saturated rings. The summed E-state index contributed by atoms with van der Waals surface area (Å²) in [5, 5.41) is 14.0. The van der Waals surface area contributed by atoms with Crippen molar-refractivity contribution in [3.63, 3.8) is 0 Å². The quantitative estimate of drug-likeness (QED) is 0.676. The number of carboxylic acids is 1. The molecule has 23 heavy (non-hydrogen) atoms. The van der Waals surface area contributed by atoms with Crippen molar-refractivity contribution in [1.29, 1.82) is 0 Å². The lowest BCUT2D eigenvalue weighted by Crippen LogP contribution is -2.42. The highest BCUT2D eigenvalue weighted by atomic mass is 19.1. The Balaban J connectivity index is 2.39. The van der Waals surface area contributed by atoms with Gasteiger partial charge in [-0.1, -0.05) is 13.8 Å². The molecule has 1 rings (SSSR count). The predicted octanol–water partition coefficient (Wildman–Crippen LogP) is 1.56. The van der Waals surface area contributed by atoms with Crippen molar-refractivity contribution in [3.8, 4) is 0 Å². The second-order valence-electron chi connectivity index (χ2n) is 5.60. The van der Waals surface area contributed by atoms with Gasteiger partial charge in [-0.2, -0.15) is 0 Å². The first-order valence-corrected chi connectivity index (χ1v) is 7.35. The van der Waals surface area contributed by atoms with E-state index in [0.29, 0.717) is 6.42 Å². The second kappa shape index (κ2) is 8.87. The molecule has 1 aromatic rings. The molecule has 0 aliphatic heterocycles. The van der Waals surface area contributed by atoms with Crippen molar-refractivity contribution < 1.29 is 23.9 Å². The lowest BCUT2D eigenvalue weighted by molar-refractivity contribution is -0.142. The third-order valence-electron chi connectivity index (χ3n) is 3.08. The Bertz CT molecular complexity index is 558. The molecule has 0 aliphatic rings. The van der Waals surface area contributed by atoms with Crippen LogP contribution < -0.4 is 10.6 Å². The number of benzene rings is 1. The first kappa shape index (κ1) is 18.6. The molecule has 0 heterocycles. The van der Waals surface area contributed by atoms with Crippen molar-refractivity contribution >= 4 is 17.8 Å². The fraction of sp³-hybridized carbons (Fsp3) is 0.438. The second-order valence-corrected chi connectivity index (χ2v) is 5.60. The Morgan fingerprint density at radius 1 is 1.17 bits per heavy atom. The molecule has 0 saturated heterocycles. The van der Waals surface area contributed by atoms with Crippen LogP contribution in [0.1, 0.15) is 37.0 Å². The monoisotopic (exact) mass is 324 g/mol. The largest absolute Gasteiger partial charge is 0.480 e. The summed E-state index contributed by atoms with van der Waals surface area (Å²) in [6, 6.07) is 4.09. The average Bonchev–Trinajstić information content (AvgIpc) is 2.46. The van der Waals surface area contributed by atoms with Crippen molar-refractivity contribution in [2.45, 2.75) is 32.7 Å². The number of aliphatic carboxylic acids is 1. The highest BCUT2D eigenvalue weighted by Gasteiger charge is 2.20. The molecule has 0 aliphatic carbocycles. The number of carbonyl (C=O) groups excluding carboxylic acids is 2. The van der Waals surface area contributed by atoms with E-state index in [2.05, 4.69) is 10.6 Å². The maximum absolute atomic E-state index is 12.8. The first-order valence-electron chi connectivity index (χ1n) is 7.35. The molecule has 6 nitrogen and oxygen atoms in total. The van der Waals surface area contributed by atoms with Crippen LogP contribution in [-0.4, -0.2) is 35.5 Å². The van der Waals surface area contributed by atoms with Gasteiger partial charge in [-0.25, -0.2) is 9.18 Å². The Morgan fingerprint density at radius 2 is 1.78 bits per heavy atom. The molecule has 1 aromatic carbocycles. The topological polar surface area (TPSA) is 95.5 Å². The summed E-state index contributed by atoms with van der Waals surface area (Å²) in [4.78, 5) is 34.5. The first-order chi connectivity index (χ1) is 10.8. The van der Waals surface area contributed by atoms with Crippen LogP contribution in [0.25, 0.3) is 0 Å². The normalized spacial score (nSPS) is 11.8. The van der Waals surface area contributed by atoms with Gasteiger partial charge in [-0.15, -0.1) is 0 Å².